The Bertz CT molecular complexity index is 927. The molecule has 1 aromatic carbocycles. The number of ether oxygens (including phenoxy) is 2. The zero-order valence-electron chi connectivity index (χ0n) is 22.2. The van der Waals surface area contributed by atoms with Gasteiger partial charge in [-0.25, -0.2) is 9.59 Å². The molecule has 36 heavy (non-hydrogen) atoms. The van der Waals surface area contributed by atoms with Gasteiger partial charge in [0.1, 0.15) is 0 Å². The fourth-order valence-corrected chi connectivity index (χ4v) is 6.22. The average Bonchev–Trinajstić information content (AvgIpc) is 3.09. The first-order chi connectivity index (χ1) is 17.3. The van der Waals surface area contributed by atoms with E-state index in [4.69, 9.17) is 9.47 Å². The summed E-state index contributed by atoms with van der Waals surface area (Å²) in [6.07, 6.45) is 9.30. The summed E-state index contributed by atoms with van der Waals surface area (Å²) in [5.41, 5.74) is -0.0555. The van der Waals surface area contributed by atoms with Gasteiger partial charge in [0.05, 0.1) is 26.3 Å². The molecule has 1 aromatic rings. The van der Waals surface area contributed by atoms with Crippen LogP contribution in [0.25, 0.3) is 0 Å². The number of carbonyl (C=O) groups is 2. The van der Waals surface area contributed by atoms with E-state index in [1.54, 1.807) is 24.0 Å². The summed E-state index contributed by atoms with van der Waals surface area (Å²) >= 11 is 0. The molecular formula is C27H42N4O5. The maximum atomic E-state index is 14.0. The van der Waals surface area contributed by atoms with Crippen molar-refractivity contribution in [3.8, 4) is 11.5 Å². The van der Waals surface area contributed by atoms with Gasteiger partial charge in [-0.05, 0) is 45.6 Å². The maximum Gasteiger partial charge on any atom is 0.343 e. The van der Waals surface area contributed by atoms with Crippen LogP contribution >= 0.6 is 0 Å². The van der Waals surface area contributed by atoms with Crippen LogP contribution in [0.2, 0.25) is 0 Å². The summed E-state index contributed by atoms with van der Waals surface area (Å²) in [6, 6.07) is 4.93. The molecule has 4 amide bonds. The first kappa shape index (κ1) is 26.4. The Labute approximate surface area is 214 Å². The van der Waals surface area contributed by atoms with Gasteiger partial charge >= 0.3 is 12.1 Å². The molecule has 0 bridgehead atoms. The number of nitrogens with one attached hydrogen (secondary N) is 1. The highest BCUT2D eigenvalue weighted by atomic mass is 16.5. The molecule has 1 aliphatic heterocycles. The normalized spacial score (nSPS) is 23.0. The van der Waals surface area contributed by atoms with Gasteiger partial charge in [0.15, 0.2) is 17.7 Å². The molecule has 2 saturated carbocycles. The number of urea groups is 2. The Morgan fingerprint density at radius 3 is 2.31 bits per heavy atom. The van der Waals surface area contributed by atoms with Crippen LogP contribution in [-0.2, 0) is 6.54 Å². The number of rotatable bonds is 7. The molecule has 2 N–H and O–H groups in total. The predicted octanol–water partition coefficient (Wildman–Crippen LogP) is 5.11. The number of hydrogen-bond donors (Lipinski definition) is 2. The number of para-hydroxylation sites is 1. The van der Waals surface area contributed by atoms with Crippen molar-refractivity contribution in [3.05, 3.63) is 23.8 Å². The molecule has 1 saturated heterocycles. The molecule has 9 heteroatoms. The number of benzene rings is 1. The first-order valence-corrected chi connectivity index (χ1v) is 13.4. The van der Waals surface area contributed by atoms with Gasteiger partial charge in [-0.1, -0.05) is 50.7 Å². The van der Waals surface area contributed by atoms with Gasteiger partial charge < -0.3 is 19.7 Å². The molecule has 0 aromatic heterocycles. The Morgan fingerprint density at radius 2 is 1.69 bits per heavy atom. The zero-order valence-corrected chi connectivity index (χ0v) is 22.2. The molecule has 0 spiro atoms. The maximum absolute atomic E-state index is 14.0. The minimum Gasteiger partial charge on any atom is -0.493 e. The molecule has 3 fully saturated rings. The molecule has 200 valence electrons. The lowest BCUT2D eigenvalue weighted by Crippen LogP contribution is -2.61. The predicted molar refractivity (Wildman–Crippen MR) is 136 cm³/mol. The molecule has 2 aliphatic carbocycles. The lowest BCUT2D eigenvalue weighted by molar-refractivity contribution is -0.141. The average molecular weight is 503 g/mol. The summed E-state index contributed by atoms with van der Waals surface area (Å²) in [7, 11) is 3.17. The SMILES string of the molecule is COc1cccc(CN2C(=O)N(C3CCCCC3)[C@H](N(O)C(=O)NC3CCCCC3)C2(C)C)c1OC. The number of hydrogen-bond acceptors (Lipinski definition) is 5. The summed E-state index contributed by atoms with van der Waals surface area (Å²) in [5.74, 6) is 1.17. The smallest absolute Gasteiger partial charge is 0.343 e. The second kappa shape index (κ2) is 11.2. The number of methoxy groups -OCH3 is 2. The van der Waals surface area contributed by atoms with Crippen molar-refractivity contribution in [2.75, 3.05) is 14.2 Å². The van der Waals surface area contributed by atoms with Gasteiger partial charge in [-0.15, -0.1) is 0 Å². The van der Waals surface area contributed by atoms with Crippen LogP contribution < -0.4 is 14.8 Å². The molecule has 3 aliphatic rings. The van der Waals surface area contributed by atoms with E-state index in [1.165, 1.54) is 6.42 Å². The quantitative estimate of drug-likeness (QED) is 0.399. The second-order valence-corrected chi connectivity index (χ2v) is 10.9. The van der Waals surface area contributed by atoms with Crippen molar-refractivity contribution < 1.29 is 24.3 Å². The van der Waals surface area contributed by atoms with E-state index in [2.05, 4.69) is 5.32 Å². The number of nitrogens with zero attached hydrogens (tertiary/aromatic N) is 3. The van der Waals surface area contributed by atoms with Crippen LogP contribution in [0.4, 0.5) is 9.59 Å². The van der Waals surface area contributed by atoms with Crippen molar-refractivity contribution in [2.24, 2.45) is 0 Å². The molecule has 1 atom stereocenters. The van der Waals surface area contributed by atoms with Crippen LogP contribution in [-0.4, -0.2) is 70.1 Å². The van der Waals surface area contributed by atoms with E-state index in [0.29, 0.717) is 11.5 Å². The van der Waals surface area contributed by atoms with Gasteiger partial charge in [0.2, 0.25) is 0 Å². The Morgan fingerprint density at radius 1 is 1.06 bits per heavy atom. The molecular weight excluding hydrogens is 460 g/mol. The zero-order chi connectivity index (χ0) is 25.9. The van der Waals surface area contributed by atoms with E-state index in [9.17, 15) is 14.8 Å². The lowest BCUT2D eigenvalue weighted by atomic mass is 9.92. The molecule has 9 nitrogen and oxygen atoms in total. The number of amides is 4. The number of hydroxylamine groups is 2. The fraction of sp³-hybridized carbons (Fsp3) is 0.704. The Kier molecular flexibility index (Phi) is 8.17. The van der Waals surface area contributed by atoms with Crippen LogP contribution in [0.3, 0.4) is 0 Å². The molecule has 1 heterocycles. The van der Waals surface area contributed by atoms with E-state index in [1.807, 2.05) is 32.0 Å². The lowest BCUT2D eigenvalue weighted by Gasteiger charge is -2.42. The van der Waals surface area contributed by atoms with Crippen molar-refractivity contribution in [1.82, 2.24) is 20.2 Å². The minimum absolute atomic E-state index is 0.0233. The van der Waals surface area contributed by atoms with Gasteiger partial charge in [-0.2, -0.15) is 5.06 Å². The van der Waals surface area contributed by atoms with Gasteiger partial charge in [0, 0.05) is 17.6 Å². The Balaban J connectivity index is 1.64. The van der Waals surface area contributed by atoms with Gasteiger partial charge in [0.25, 0.3) is 0 Å². The number of carbonyl (C=O) groups excluding carboxylic acids is 2. The minimum atomic E-state index is -0.860. The summed E-state index contributed by atoms with van der Waals surface area (Å²) in [6.45, 7) is 4.11. The summed E-state index contributed by atoms with van der Waals surface area (Å²) < 4.78 is 11.1. The third kappa shape index (κ3) is 5.08. The monoisotopic (exact) mass is 502 g/mol. The third-order valence-corrected chi connectivity index (χ3v) is 8.20. The highest BCUT2D eigenvalue weighted by Gasteiger charge is 2.57. The van der Waals surface area contributed by atoms with E-state index < -0.39 is 17.7 Å². The van der Waals surface area contributed by atoms with E-state index in [-0.39, 0.29) is 24.7 Å². The van der Waals surface area contributed by atoms with Crippen molar-refractivity contribution in [2.45, 2.75) is 108 Å². The summed E-state index contributed by atoms with van der Waals surface area (Å²) in [5, 5.41) is 15.1. The summed E-state index contributed by atoms with van der Waals surface area (Å²) in [4.78, 5) is 30.8. The van der Waals surface area contributed by atoms with Crippen molar-refractivity contribution >= 4 is 12.1 Å². The first-order valence-electron chi connectivity index (χ1n) is 13.4. The van der Waals surface area contributed by atoms with Crippen LogP contribution in [0.5, 0.6) is 11.5 Å². The Hall–Kier alpha value is -2.68. The second-order valence-electron chi connectivity index (χ2n) is 10.9. The third-order valence-electron chi connectivity index (χ3n) is 8.20. The highest BCUT2D eigenvalue weighted by molar-refractivity contribution is 5.81. The van der Waals surface area contributed by atoms with Crippen molar-refractivity contribution in [1.29, 1.82) is 0 Å². The fourth-order valence-electron chi connectivity index (χ4n) is 6.22. The molecule has 4 rings (SSSR count). The van der Waals surface area contributed by atoms with E-state index >= 15 is 0 Å². The van der Waals surface area contributed by atoms with Crippen LogP contribution in [0.15, 0.2) is 18.2 Å². The van der Waals surface area contributed by atoms with Crippen LogP contribution in [0.1, 0.15) is 83.6 Å². The molecule has 0 radical (unpaired) electrons. The topological polar surface area (TPSA) is 94.6 Å². The largest absolute Gasteiger partial charge is 0.493 e. The highest BCUT2D eigenvalue weighted by Crippen LogP contribution is 2.41. The van der Waals surface area contributed by atoms with E-state index in [0.717, 1.165) is 68.4 Å². The molecule has 0 unspecified atom stereocenters. The van der Waals surface area contributed by atoms with Crippen molar-refractivity contribution in [3.63, 3.8) is 0 Å². The van der Waals surface area contributed by atoms with Gasteiger partial charge in [-0.3, -0.25) is 10.1 Å². The standard InChI is InChI=1S/C27H42N4O5/c1-27(2)24(31(34)25(32)28-20-13-7-5-8-14-20)30(21-15-9-6-10-16-21)26(33)29(27)18-19-12-11-17-22(35-3)23(19)36-4/h11-12,17,20-21,24,34H,5-10,13-16,18H2,1-4H3,(H,28,32)/t24-/m1/s1. The van der Waals surface area contributed by atoms with Crippen LogP contribution in [0, 0.1) is 0 Å².